The molecule has 1 aromatic carbocycles. The molecule has 2 rings (SSSR count). The standard InChI is InChI=1S/C13H15NO3/c14-13(16)11-7-17-8-12(15)10(11)6-9-4-2-1-3-5-9/h1-5,10-11H,6-8H2,(H2,14,16)/t10-,11-/m0/s1. The van der Waals surface area contributed by atoms with Crippen LogP contribution < -0.4 is 5.73 Å². The molecule has 1 aromatic rings. The predicted molar refractivity (Wildman–Crippen MR) is 62.1 cm³/mol. The molecule has 0 bridgehead atoms. The Bertz CT molecular complexity index is 416. The largest absolute Gasteiger partial charge is 0.373 e. The molecule has 90 valence electrons. The highest BCUT2D eigenvalue weighted by molar-refractivity contribution is 5.90. The molecule has 1 saturated heterocycles. The molecule has 0 unspecified atom stereocenters. The lowest BCUT2D eigenvalue weighted by atomic mass is 9.82. The van der Waals surface area contributed by atoms with Gasteiger partial charge in [0.2, 0.25) is 5.91 Å². The van der Waals surface area contributed by atoms with Crippen LogP contribution in [0, 0.1) is 11.8 Å². The van der Waals surface area contributed by atoms with E-state index in [9.17, 15) is 9.59 Å². The number of amides is 1. The van der Waals surface area contributed by atoms with Crippen LogP contribution >= 0.6 is 0 Å². The number of hydrogen-bond donors (Lipinski definition) is 1. The molecular formula is C13H15NO3. The van der Waals surface area contributed by atoms with Crippen LogP contribution in [-0.2, 0) is 20.7 Å². The zero-order chi connectivity index (χ0) is 12.3. The minimum absolute atomic E-state index is 0.0381. The average Bonchev–Trinajstić information content (AvgIpc) is 2.33. The predicted octanol–water partition coefficient (Wildman–Crippen LogP) is 0.546. The van der Waals surface area contributed by atoms with Crippen molar-refractivity contribution < 1.29 is 14.3 Å². The molecule has 1 amide bonds. The van der Waals surface area contributed by atoms with Crippen molar-refractivity contribution in [2.75, 3.05) is 13.2 Å². The number of rotatable bonds is 3. The molecule has 0 saturated carbocycles. The summed E-state index contributed by atoms with van der Waals surface area (Å²) in [7, 11) is 0. The van der Waals surface area contributed by atoms with Crippen molar-refractivity contribution in [1.29, 1.82) is 0 Å². The van der Waals surface area contributed by atoms with Crippen molar-refractivity contribution in [2.24, 2.45) is 17.6 Å². The zero-order valence-corrected chi connectivity index (χ0v) is 9.46. The van der Waals surface area contributed by atoms with Gasteiger partial charge in [0.15, 0.2) is 5.78 Å². The summed E-state index contributed by atoms with van der Waals surface area (Å²) >= 11 is 0. The SMILES string of the molecule is NC(=O)[C@H]1COCC(=O)[C@H]1Cc1ccccc1. The van der Waals surface area contributed by atoms with Gasteiger partial charge in [0.25, 0.3) is 0 Å². The minimum Gasteiger partial charge on any atom is -0.373 e. The lowest BCUT2D eigenvalue weighted by molar-refractivity contribution is -0.144. The molecule has 4 heteroatoms. The Balaban J connectivity index is 2.15. The Kier molecular flexibility index (Phi) is 3.54. The third-order valence-corrected chi connectivity index (χ3v) is 3.10. The van der Waals surface area contributed by atoms with E-state index < -0.39 is 11.8 Å². The van der Waals surface area contributed by atoms with Gasteiger partial charge in [0.1, 0.15) is 6.61 Å². The second-order valence-corrected chi connectivity index (χ2v) is 4.29. The van der Waals surface area contributed by atoms with Crippen LogP contribution in [0.25, 0.3) is 0 Å². The van der Waals surface area contributed by atoms with Gasteiger partial charge >= 0.3 is 0 Å². The van der Waals surface area contributed by atoms with Gasteiger partial charge in [-0.25, -0.2) is 0 Å². The van der Waals surface area contributed by atoms with Crippen LogP contribution in [0.5, 0.6) is 0 Å². The van der Waals surface area contributed by atoms with E-state index in [4.69, 9.17) is 10.5 Å². The van der Waals surface area contributed by atoms with Crippen LogP contribution in [0.15, 0.2) is 30.3 Å². The van der Waals surface area contributed by atoms with Gasteiger partial charge in [0.05, 0.1) is 12.5 Å². The van der Waals surface area contributed by atoms with Crippen molar-refractivity contribution in [3.8, 4) is 0 Å². The minimum atomic E-state index is -0.503. The number of benzene rings is 1. The summed E-state index contributed by atoms with van der Waals surface area (Å²) in [5.41, 5.74) is 6.34. The maximum atomic E-state index is 11.8. The van der Waals surface area contributed by atoms with E-state index in [-0.39, 0.29) is 24.9 Å². The Labute approximate surface area is 99.8 Å². The summed E-state index contributed by atoms with van der Waals surface area (Å²) in [6, 6.07) is 9.64. The molecule has 2 N–H and O–H groups in total. The quantitative estimate of drug-likeness (QED) is 0.828. The third kappa shape index (κ3) is 2.71. The molecule has 0 aliphatic carbocycles. The first kappa shape index (κ1) is 11.8. The van der Waals surface area contributed by atoms with Crippen molar-refractivity contribution in [1.82, 2.24) is 0 Å². The van der Waals surface area contributed by atoms with Crippen molar-refractivity contribution in [3.63, 3.8) is 0 Å². The lowest BCUT2D eigenvalue weighted by Crippen LogP contribution is -2.44. The number of hydrogen-bond acceptors (Lipinski definition) is 3. The van der Waals surface area contributed by atoms with Crippen LogP contribution in [0.3, 0.4) is 0 Å². The van der Waals surface area contributed by atoms with Crippen LogP contribution in [0.1, 0.15) is 5.56 Å². The van der Waals surface area contributed by atoms with Gasteiger partial charge in [-0.15, -0.1) is 0 Å². The van der Waals surface area contributed by atoms with Crippen LogP contribution in [0.4, 0.5) is 0 Å². The second-order valence-electron chi connectivity index (χ2n) is 4.29. The average molecular weight is 233 g/mol. The Morgan fingerprint density at radius 2 is 2.06 bits per heavy atom. The molecule has 0 radical (unpaired) electrons. The Morgan fingerprint density at radius 1 is 1.35 bits per heavy atom. The molecule has 1 fully saturated rings. The summed E-state index contributed by atoms with van der Waals surface area (Å²) in [6.45, 7) is 0.333. The molecule has 0 aromatic heterocycles. The summed E-state index contributed by atoms with van der Waals surface area (Å²) < 4.78 is 5.07. The highest BCUT2D eigenvalue weighted by atomic mass is 16.5. The fourth-order valence-corrected chi connectivity index (χ4v) is 2.14. The highest BCUT2D eigenvalue weighted by Gasteiger charge is 2.36. The van der Waals surface area contributed by atoms with E-state index in [0.29, 0.717) is 6.42 Å². The first-order valence-corrected chi connectivity index (χ1v) is 5.62. The summed E-state index contributed by atoms with van der Waals surface area (Å²) in [5, 5.41) is 0. The van der Waals surface area contributed by atoms with Crippen molar-refractivity contribution in [3.05, 3.63) is 35.9 Å². The number of Topliss-reactive ketones (excluding diaryl/α,β-unsaturated/α-hetero) is 1. The van der Waals surface area contributed by atoms with Crippen LogP contribution in [-0.4, -0.2) is 24.9 Å². The summed E-state index contributed by atoms with van der Waals surface area (Å²) in [6.07, 6.45) is 0.552. The van der Waals surface area contributed by atoms with Gasteiger partial charge < -0.3 is 10.5 Å². The molecule has 1 heterocycles. The zero-order valence-electron chi connectivity index (χ0n) is 9.46. The normalized spacial score (nSPS) is 24.6. The maximum Gasteiger partial charge on any atom is 0.223 e. The fraction of sp³-hybridized carbons (Fsp3) is 0.385. The number of carbonyl (C=O) groups excluding carboxylic acids is 2. The first-order chi connectivity index (χ1) is 8.18. The number of carbonyl (C=O) groups is 2. The van der Waals surface area contributed by atoms with Gasteiger partial charge in [-0.1, -0.05) is 30.3 Å². The van der Waals surface area contributed by atoms with Gasteiger partial charge in [-0.05, 0) is 12.0 Å². The van der Waals surface area contributed by atoms with E-state index >= 15 is 0 Å². The third-order valence-electron chi connectivity index (χ3n) is 3.10. The number of nitrogens with two attached hydrogens (primary N) is 1. The Morgan fingerprint density at radius 3 is 2.71 bits per heavy atom. The molecule has 0 spiro atoms. The summed E-state index contributed by atoms with van der Waals surface area (Å²) in [5.74, 6) is -1.34. The molecule has 2 atom stereocenters. The molecular weight excluding hydrogens is 218 g/mol. The van der Waals surface area contributed by atoms with E-state index in [1.165, 1.54) is 0 Å². The van der Waals surface area contributed by atoms with Gasteiger partial charge in [-0.3, -0.25) is 9.59 Å². The highest BCUT2D eigenvalue weighted by Crippen LogP contribution is 2.23. The van der Waals surface area contributed by atoms with E-state index in [1.807, 2.05) is 30.3 Å². The number of ketones is 1. The molecule has 1 aliphatic rings. The topological polar surface area (TPSA) is 69.4 Å². The van der Waals surface area contributed by atoms with Gasteiger partial charge in [-0.2, -0.15) is 0 Å². The smallest absolute Gasteiger partial charge is 0.223 e. The molecule has 1 aliphatic heterocycles. The van der Waals surface area contributed by atoms with Crippen LogP contribution in [0.2, 0.25) is 0 Å². The lowest BCUT2D eigenvalue weighted by Gasteiger charge is -2.28. The fourth-order valence-electron chi connectivity index (χ4n) is 2.14. The van der Waals surface area contributed by atoms with E-state index in [2.05, 4.69) is 0 Å². The first-order valence-electron chi connectivity index (χ1n) is 5.62. The summed E-state index contributed by atoms with van der Waals surface area (Å²) in [4.78, 5) is 23.1. The molecule has 4 nitrogen and oxygen atoms in total. The van der Waals surface area contributed by atoms with E-state index in [1.54, 1.807) is 0 Å². The number of primary amides is 1. The molecule has 17 heavy (non-hydrogen) atoms. The maximum absolute atomic E-state index is 11.8. The van der Waals surface area contributed by atoms with Crippen molar-refractivity contribution >= 4 is 11.7 Å². The van der Waals surface area contributed by atoms with Crippen molar-refractivity contribution in [2.45, 2.75) is 6.42 Å². The second kappa shape index (κ2) is 5.10. The Hall–Kier alpha value is -1.68. The van der Waals surface area contributed by atoms with Gasteiger partial charge in [0, 0.05) is 5.92 Å². The van der Waals surface area contributed by atoms with E-state index in [0.717, 1.165) is 5.56 Å². The number of ether oxygens (including phenoxy) is 1. The monoisotopic (exact) mass is 233 g/mol.